The number of rotatable bonds is 7. The highest BCUT2D eigenvalue weighted by Gasteiger charge is 2.26. The lowest BCUT2D eigenvalue weighted by atomic mass is 9.92. The second kappa shape index (κ2) is 8.17. The molecule has 2 N–H and O–H groups in total. The van der Waals surface area contributed by atoms with Crippen molar-refractivity contribution in [3.05, 3.63) is 66.0 Å². The van der Waals surface area contributed by atoms with E-state index in [1.54, 1.807) is 0 Å². The number of nitrogens with zero attached hydrogens (tertiary/aromatic N) is 1. The maximum atomic E-state index is 13.1. The number of aromatic nitrogens is 2. The fourth-order valence-electron chi connectivity index (χ4n) is 3.35. The normalized spacial score (nSPS) is 13.7. The molecule has 0 spiro atoms. The van der Waals surface area contributed by atoms with Crippen molar-refractivity contribution in [3.8, 4) is 0 Å². The van der Waals surface area contributed by atoms with Gasteiger partial charge in [-0.1, -0.05) is 69.7 Å². The van der Waals surface area contributed by atoms with Crippen LogP contribution in [0.25, 0.3) is 11.0 Å². The minimum atomic E-state index is -0.141. The summed E-state index contributed by atoms with van der Waals surface area (Å²) >= 11 is 0. The molecule has 0 bridgehead atoms. The summed E-state index contributed by atoms with van der Waals surface area (Å²) in [7, 11) is 0. The van der Waals surface area contributed by atoms with Crippen molar-refractivity contribution < 1.29 is 4.79 Å². The molecule has 2 aromatic carbocycles. The first-order valence-corrected chi connectivity index (χ1v) is 9.40. The smallest absolute Gasteiger partial charge is 0.228 e. The Labute approximate surface area is 155 Å². The number of carbonyl (C=O) groups is 1. The van der Waals surface area contributed by atoms with E-state index >= 15 is 0 Å². The van der Waals surface area contributed by atoms with E-state index < -0.39 is 0 Å². The van der Waals surface area contributed by atoms with Gasteiger partial charge in [0.2, 0.25) is 5.91 Å². The van der Waals surface area contributed by atoms with Crippen LogP contribution in [0, 0.1) is 5.92 Å². The van der Waals surface area contributed by atoms with Gasteiger partial charge in [0.15, 0.2) is 0 Å². The topological polar surface area (TPSA) is 57.8 Å². The summed E-state index contributed by atoms with van der Waals surface area (Å²) in [6, 6.07) is 17.8. The lowest BCUT2D eigenvalue weighted by molar-refractivity contribution is -0.123. The summed E-state index contributed by atoms with van der Waals surface area (Å²) in [4.78, 5) is 21.1. The molecule has 0 aliphatic heterocycles. The zero-order valence-corrected chi connectivity index (χ0v) is 15.7. The summed E-state index contributed by atoms with van der Waals surface area (Å²) in [6.07, 6.45) is 1.80. The Kier molecular flexibility index (Phi) is 5.71. The third-order valence-electron chi connectivity index (χ3n) is 4.76. The number of hydrogen-bond acceptors (Lipinski definition) is 2. The number of H-pyrrole nitrogens is 1. The van der Waals surface area contributed by atoms with Crippen LogP contribution < -0.4 is 5.32 Å². The summed E-state index contributed by atoms with van der Waals surface area (Å²) in [5.74, 6) is 0.986. The fraction of sp³-hybridized carbons (Fsp3) is 0.364. The van der Waals surface area contributed by atoms with Gasteiger partial charge >= 0.3 is 0 Å². The molecule has 0 fully saturated rings. The Morgan fingerprint density at radius 3 is 2.42 bits per heavy atom. The first-order chi connectivity index (χ1) is 12.6. The molecule has 4 nitrogen and oxygen atoms in total. The zero-order chi connectivity index (χ0) is 18.5. The van der Waals surface area contributed by atoms with Crippen molar-refractivity contribution in [3.63, 3.8) is 0 Å². The third-order valence-corrected chi connectivity index (χ3v) is 4.76. The van der Waals surface area contributed by atoms with Crippen LogP contribution >= 0.6 is 0 Å². The van der Waals surface area contributed by atoms with Crippen molar-refractivity contribution in [1.82, 2.24) is 15.3 Å². The molecule has 3 rings (SSSR count). The van der Waals surface area contributed by atoms with E-state index in [4.69, 9.17) is 4.98 Å². The summed E-state index contributed by atoms with van der Waals surface area (Å²) in [5.41, 5.74) is 2.99. The van der Waals surface area contributed by atoms with Gasteiger partial charge in [-0.25, -0.2) is 4.98 Å². The Hall–Kier alpha value is -2.62. The number of nitrogens with one attached hydrogen (secondary N) is 2. The van der Waals surface area contributed by atoms with Crippen molar-refractivity contribution in [2.24, 2.45) is 5.92 Å². The van der Waals surface area contributed by atoms with E-state index in [1.165, 1.54) is 0 Å². The maximum Gasteiger partial charge on any atom is 0.228 e. The van der Waals surface area contributed by atoms with Crippen LogP contribution in [0.5, 0.6) is 0 Å². The third kappa shape index (κ3) is 3.96. The van der Waals surface area contributed by atoms with E-state index in [0.717, 1.165) is 35.3 Å². The highest BCUT2D eigenvalue weighted by Crippen LogP contribution is 2.26. The van der Waals surface area contributed by atoms with E-state index in [1.807, 2.05) is 54.6 Å². The fourth-order valence-corrected chi connectivity index (χ4v) is 3.35. The largest absolute Gasteiger partial charge is 0.345 e. The van der Waals surface area contributed by atoms with Crippen LogP contribution in [0.15, 0.2) is 54.6 Å². The number of aromatic amines is 1. The average molecular weight is 349 g/mol. The molecule has 1 heterocycles. The molecule has 136 valence electrons. The Morgan fingerprint density at radius 2 is 1.77 bits per heavy atom. The van der Waals surface area contributed by atoms with Crippen LogP contribution in [0.1, 0.15) is 57.0 Å². The molecule has 2 atom stereocenters. The summed E-state index contributed by atoms with van der Waals surface area (Å²) < 4.78 is 0. The minimum absolute atomic E-state index is 0.0669. The van der Waals surface area contributed by atoms with Crippen molar-refractivity contribution in [2.45, 2.75) is 45.6 Å². The van der Waals surface area contributed by atoms with E-state index in [-0.39, 0.29) is 23.8 Å². The second-order valence-corrected chi connectivity index (χ2v) is 7.12. The van der Waals surface area contributed by atoms with Gasteiger partial charge in [0.05, 0.1) is 23.0 Å². The van der Waals surface area contributed by atoms with Crippen LogP contribution in [0.4, 0.5) is 0 Å². The Balaban J connectivity index is 1.85. The number of amides is 1. The summed E-state index contributed by atoms with van der Waals surface area (Å²) in [5, 5.41) is 3.24. The average Bonchev–Trinajstić information content (AvgIpc) is 3.08. The van der Waals surface area contributed by atoms with Gasteiger partial charge in [0, 0.05) is 0 Å². The van der Waals surface area contributed by atoms with Crippen LogP contribution in [-0.2, 0) is 4.79 Å². The van der Waals surface area contributed by atoms with Gasteiger partial charge in [-0.3, -0.25) is 4.79 Å². The molecule has 4 heteroatoms. The monoisotopic (exact) mass is 349 g/mol. The SMILES string of the molecule is CCC[C@H](C(=O)N[C@H](c1nc2ccccc2[nH]1)C(C)C)c1ccccc1. The van der Waals surface area contributed by atoms with Gasteiger partial charge in [-0.2, -0.15) is 0 Å². The lowest BCUT2D eigenvalue weighted by Gasteiger charge is -2.24. The molecule has 3 aromatic rings. The van der Waals surface area contributed by atoms with Crippen molar-refractivity contribution in [2.75, 3.05) is 0 Å². The number of imidazole rings is 1. The first kappa shape index (κ1) is 18.2. The highest BCUT2D eigenvalue weighted by atomic mass is 16.2. The number of para-hydroxylation sites is 2. The number of hydrogen-bond donors (Lipinski definition) is 2. The minimum Gasteiger partial charge on any atom is -0.345 e. The van der Waals surface area contributed by atoms with E-state index in [2.05, 4.69) is 31.1 Å². The standard InChI is InChI=1S/C22H27N3O/c1-4-10-17(16-11-6-5-7-12-16)22(26)25-20(15(2)3)21-23-18-13-8-9-14-19(18)24-21/h5-9,11-15,17,20H,4,10H2,1-3H3,(H,23,24)(H,25,26)/t17-,20-/m0/s1. The molecule has 0 saturated carbocycles. The zero-order valence-electron chi connectivity index (χ0n) is 15.7. The predicted octanol–water partition coefficient (Wildman–Crippen LogP) is 4.96. The first-order valence-electron chi connectivity index (χ1n) is 9.40. The van der Waals surface area contributed by atoms with Gasteiger partial charge in [0.25, 0.3) is 0 Å². The van der Waals surface area contributed by atoms with E-state index in [0.29, 0.717) is 0 Å². The lowest BCUT2D eigenvalue weighted by Crippen LogP contribution is -2.36. The van der Waals surface area contributed by atoms with Crippen LogP contribution in [-0.4, -0.2) is 15.9 Å². The van der Waals surface area contributed by atoms with Gasteiger partial charge in [-0.05, 0) is 30.0 Å². The second-order valence-electron chi connectivity index (χ2n) is 7.12. The molecule has 1 aromatic heterocycles. The Morgan fingerprint density at radius 1 is 1.08 bits per heavy atom. The van der Waals surface area contributed by atoms with Gasteiger partial charge < -0.3 is 10.3 Å². The Bertz CT molecular complexity index is 821. The number of fused-ring (bicyclic) bond motifs is 1. The molecule has 0 unspecified atom stereocenters. The van der Waals surface area contributed by atoms with Gasteiger partial charge in [-0.15, -0.1) is 0 Å². The van der Waals surface area contributed by atoms with Gasteiger partial charge in [0.1, 0.15) is 5.82 Å². The number of carbonyl (C=O) groups excluding carboxylic acids is 1. The highest BCUT2D eigenvalue weighted by molar-refractivity contribution is 5.84. The molecular weight excluding hydrogens is 322 g/mol. The molecule has 1 amide bonds. The molecule has 0 aliphatic rings. The molecular formula is C22H27N3O. The number of benzene rings is 2. The molecule has 0 aliphatic carbocycles. The molecule has 0 radical (unpaired) electrons. The van der Waals surface area contributed by atoms with E-state index in [9.17, 15) is 4.79 Å². The molecule has 26 heavy (non-hydrogen) atoms. The van der Waals surface area contributed by atoms with Crippen LogP contribution in [0.2, 0.25) is 0 Å². The molecule has 0 saturated heterocycles. The van der Waals surface area contributed by atoms with Crippen molar-refractivity contribution in [1.29, 1.82) is 0 Å². The summed E-state index contributed by atoms with van der Waals surface area (Å²) in [6.45, 7) is 6.33. The predicted molar refractivity (Wildman–Crippen MR) is 106 cm³/mol. The quantitative estimate of drug-likeness (QED) is 0.633. The maximum absolute atomic E-state index is 13.1. The van der Waals surface area contributed by atoms with Crippen LogP contribution in [0.3, 0.4) is 0 Å². The van der Waals surface area contributed by atoms with Crippen molar-refractivity contribution >= 4 is 16.9 Å².